The molecular weight excluding hydrogens is 368 g/mol. The summed E-state index contributed by atoms with van der Waals surface area (Å²) in [7, 11) is 0. The Morgan fingerprint density at radius 1 is 1.15 bits per heavy atom. The number of fused-ring (bicyclic) bond motifs is 1. The molecule has 2 heterocycles. The Balaban J connectivity index is 1.25. The fraction of sp³-hybridized carbons (Fsp3) is 0.278. The second-order valence-corrected chi connectivity index (χ2v) is 6.86. The Morgan fingerprint density at radius 2 is 2.00 bits per heavy atom. The van der Waals surface area contributed by atoms with Gasteiger partial charge in [-0.1, -0.05) is 36.0 Å². The van der Waals surface area contributed by atoms with E-state index in [0.29, 0.717) is 17.5 Å². The summed E-state index contributed by atoms with van der Waals surface area (Å²) in [6.45, 7) is 0.854. The summed E-state index contributed by atoms with van der Waals surface area (Å²) >= 11 is 1.38. The highest BCUT2D eigenvalue weighted by atomic mass is 32.2. The monoisotopic (exact) mass is 386 g/mol. The van der Waals surface area contributed by atoms with E-state index in [1.165, 1.54) is 11.8 Å². The Kier molecular flexibility index (Phi) is 5.52. The summed E-state index contributed by atoms with van der Waals surface area (Å²) < 4.78 is 17.9. The number of hydrogen-bond donors (Lipinski definition) is 1. The number of nitrogens with zero attached hydrogens (tertiary/aromatic N) is 4. The first kappa shape index (κ1) is 17.8. The molecule has 1 aliphatic rings. The fourth-order valence-corrected chi connectivity index (χ4v) is 3.36. The van der Waals surface area contributed by atoms with E-state index in [2.05, 4.69) is 15.5 Å². The van der Waals surface area contributed by atoms with Crippen molar-refractivity contribution in [3.8, 4) is 17.2 Å². The van der Waals surface area contributed by atoms with E-state index in [4.69, 9.17) is 14.2 Å². The van der Waals surface area contributed by atoms with Gasteiger partial charge >= 0.3 is 0 Å². The standard InChI is InChI=1S/C18H18N4O4S/c23-15(10-24-9-13-6-7-16-17(8-13)26-12-25-16)11-27-18-19-20-21-22(18)14-4-2-1-3-5-14/h1-8,15,23H,9-12H2/t15-/m0/s1. The summed E-state index contributed by atoms with van der Waals surface area (Å²) in [4.78, 5) is 0. The lowest BCUT2D eigenvalue weighted by Crippen LogP contribution is -2.18. The van der Waals surface area contributed by atoms with Crippen LogP contribution in [0.25, 0.3) is 5.69 Å². The average Bonchev–Trinajstić information content (AvgIpc) is 3.36. The first-order chi connectivity index (χ1) is 13.3. The molecule has 0 aliphatic carbocycles. The van der Waals surface area contributed by atoms with Gasteiger partial charge in [0.2, 0.25) is 11.9 Å². The molecule has 0 bridgehead atoms. The van der Waals surface area contributed by atoms with Crippen molar-refractivity contribution in [1.29, 1.82) is 0 Å². The fourth-order valence-electron chi connectivity index (χ4n) is 2.56. The zero-order valence-corrected chi connectivity index (χ0v) is 15.2. The van der Waals surface area contributed by atoms with E-state index in [-0.39, 0.29) is 13.4 Å². The molecule has 0 fully saturated rings. The predicted molar refractivity (Wildman–Crippen MR) is 98.1 cm³/mol. The Morgan fingerprint density at radius 3 is 2.89 bits per heavy atom. The van der Waals surface area contributed by atoms with Gasteiger partial charge in [0.15, 0.2) is 11.5 Å². The third-order valence-corrected chi connectivity index (χ3v) is 4.93. The van der Waals surface area contributed by atoms with Crippen molar-refractivity contribution in [1.82, 2.24) is 20.2 Å². The first-order valence-electron chi connectivity index (χ1n) is 8.40. The van der Waals surface area contributed by atoms with E-state index >= 15 is 0 Å². The molecule has 4 rings (SSSR count). The lowest BCUT2D eigenvalue weighted by atomic mass is 10.2. The first-order valence-corrected chi connectivity index (χ1v) is 9.39. The van der Waals surface area contributed by atoms with Crippen molar-refractivity contribution in [2.24, 2.45) is 0 Å². The van der Waals surface area contributed by atoms with Crippen molar-refractivity contribution in [3.05, 3.63) is 54.1 Å². The summed E-state index contributed by atoms with van der Waals surface area (Å²) in [5, 5.41) is 22.5. The Hall–Kier alpha value is -2.62. The number of rotatable bonds is 8. The molecular formula is C18H18N4O4S. The lowest BCUT2D eigenvalue weighted by Gasteiger charge is -2.11. The molecule has 1 aromatic heterocycles. The second kappa shape index (κ2) is 8.38. The van der Waals surface area contributed by atoms with E-state index in [0.717, 1.165) is 22.7 Å². The maximum atomic E-state index is 10.2. The van der Waals surface area contributed by atoms with Gasteiger partial charge in [-0.2, -0.15) is 4.68 Å². The van der Waals surface area contributed by atoms with Gasteiger partial charge in [-0.25, -0.2) is 0 Å². The molecule has 1 atom stereocenters. The minimum absolute atomic E-state index is 0.217. The van der Waals surface area contributed by atoms with Gasteiger partial charge in [0.25, 0.3) is 0 Å². The molecule has 0 spiro atoms. The third kappa shape index (κ3) is 4.38. The van der Waals surface area contributed by atoms with Crippen LogP contribution in [0.2, 0.25) is 0 Å². The highest BCUT2D eigenvalue weighted by Gasteiger charge is 2.14. The quantitative estimate of drug-likeness (QED) is 0.588. The van der Waals surface area contributed by atoms with Crippen LogP contribution in [0.5, 0.6) is 11.5 Å². The molecule has 2 aromatic carbocycles. The summed E-state index contributed by atoms with van der Waals surface area (Å²) in [5.41, 5.74) is 1.84. The van der Waals surface area contributed by atoms with E-state index in [1.54, 1.807) is 4.68 Å². The number of tetrazole rings is 1. The van der Waals surface area contributed by atoms with Crippen molar-refractivity contribution in [3.63, 3.8) is 0 Å². The van der Waals surface area contributed by atoms with Gasteiger partial charge in [-0.15, -0.1) is 5.10 Å². The molecule has 9 heteroatoms. The van der Waals surface area contributed by atoms with Gasteiger partial charge in [0.1, 0.15) is 0 Å². The van der Waals surface area contributed by atoms with Crippen molar-refractivity contribution >= 4 is 11.8 Å². The summed E-state index contributed by atoms with van der Waals surface area (Å²) in [5.74, 6) is 1.89. The predicted octanol–water partition coefficient (Wildman–Crippen LogP) is 2.06. The molecule has 0 saturated carbocycles. The minimum atomic E-state index is -0.634. The largest absolute Gasteiger partial charge is 0.454 e. The minimum Gasteiger partial charge on any atom is -0.454 e. The zero-order valence-electron chi connectivity index (χ0n) is 14.4. The Labute approximate surface area is 160 Å². The number of aromatic nitrogens is 4. The maximum Gasteiger partial charge on any atom is 0.231 e. The van der Waals surface area contributed by atoms with Gasteiger partial charge in [0, 0.05) is 5.75 Å². The number of aliphatic hydroxyl groups is 1. The number of hydrogen-bond acceptors (Lipinski definition) is 8. The van der Waals surface area contributed by atoms with Crippen LogP contribution >= 0.6 is 11.8 Å². The third-order valence-electron chi connectivity index (χ3n) is 3.86. The molecule has 3 aromatic rings. The maximum absolute atomic E-state index is 10.2. The molecule has 8 nitrogen and oxygen atoms in total. The van der Waals surface area contributed by atoms with Crippen molar-refractivity contribution in [2.45, 2.75) is 17.9 Å². The Bertz CT molecular complexity index is 890. The van der Waals surface area contributed by atoms with Gasteiger partial charge in [0.05, 0.1) is 25.0 Å². The number of benzene rings is 2. The highest BCUT2D eigenvalue weighted by Crippen LogP contribution is 2.32. The van der Waals surface area contributed by atoms with Gasteiger partial charge in [-0.3, -0.25) is 0 Å². The number of ether oxygens (including phenoxy) is 3. The highest BCUT2D eigenvalue weighted by molar-refractivity contribution is 7.99. The van der Waals surface area contributed by atoms with Crippen molar-refractivity contribution < 1.29 is 19.3 Å². The number of aliphatic hydroxyl groups excluding tert-OH is 1. The van der Waals surface area contributed by atoms with E-state index < -0.39 is 6.10 Å². The van der Waals surface area contributed by atoms with Crippen LogP contribution < -0.4 is 9.47 Å². The van der Waals surface area contributed by atoms with Crippen LogP contribution in [0.15, 0.2) is 53.7 Å². The molecule has 1 N–H and O–H groups in total. The SMILES string of the molecule is O[C@@H](COCc1ccc2c(c1)OCO2)CSc1nnnn1-c1ccccc1. The van der Waals surface area contributed by atoms with E-state index in [9.17, 15) is 5.11 Å². The zero-order chi connectivity index (χ0) is 18.5. The van der Waals surface area contributed by atoms with Gasteiger partial charge < -0.3 is 19.3 Å². The number of thioether (sulfide) groups is 1. The van der Waals surface area contributed by atoms with Crippen LogP contribution in [0.4, 0.5) is 0 Å². The van der Waals surface area contributed by atoms with Gasteiger partial charge in [-0.05, 0) is 40.3 Å². The van der Waals surface area contributed by atoms with Crippen LogP contribution in [0, 0.1) is 0 Å². The van der Waals surface area contributed by atoms with Crippen molar-refractivity contribution in [2.75, 3.05) is 19.2 Å². The molecule has 27 heavy (non-hydrogen) atoms. The molecule has 0 saturated heterocycles. The number of para-hydroxylation sites is 1. The molecule has 0 unspecified atom stereocenters. The molecule has 140 valence electrons. The normalized spacial score (nSPS) is 13.7. The average molecular weight is 386 g/mol. The van der Waals surface area contributed by atoms with Crippen LogP contribution in [-0.4, -0.2) is 50.6 Å². The molecule has 0 amide bonds. The second-order valence-electron chi connectivity index (χ2n) is 5.88. The molecule has 0 radical (unpaired) electrons. The van der Waals surface area contributed by atoms with Crippen LogP contribution in [0.3, 0.4) is 0 Å². The summed E-state index contributed by atoms with van der Waals surface area (Å²) in [6, 6.07) is 15.3. The van der Waals surface area contributed by atoms with Crippen LogP contribution in [-0.2, 0) is 11.3 Å². The molecule has 1 aliphatic heterocycles. The smallest absolute Gasteiger partial charge is 0.231 e. The van der Waals surface area contributed by atoms with E-state index in [1.807, 2.05) is 48.5 Å². The summed E-state index contributed by atoms with van der Waals surface area (Å²) in [6.07, 6.45) is -0.634. The topological polar surface area (TPSA) is 91.5 Å². The van der Waals surface area contributed by atoms with Crippen LogP contribution in [0.1, 0.15) is 5.56 Å². The lowest BCUT2D eigenvalue weighted by molar-refractivity contribution is 0.0397.